The standard InChI is InChI=1S/C42H79NO6/c1-6-8-10-12-14-22-28-36-47-41(44)33-26-20-16-18-24-31-40(49-39(3)46-38-30-35-43(4)5)32-25-19-17-21-27-34-42(45)48-37-29-23-15-13-11-9-7-2/h22-23,28-29,39-40H,6-21,24-27,30-38H2,1-5H3/b28-22-,29-23-. The molecule has 0 aliphatic heterocycles. The summed E-state index contributed by atoms with van der Waals surface area (Å²) in [4.78, 5) is 26.2. The van der Waals surface area contributed by atoms with Gasteiger partial charge in [0.25, 0.3) is 0 Å². The second kappa shape index (κ2) is 37.6. The van der Waals surface area contributed by atoms with Gasteiger partial charge in [-0.15, -0.1) is 0 Å². The molecule has 0 aliphatic rings. The molecule has 1 atom stereocenters. The highest BCUT2D eigenvalue weighted by Gasteiger charge is 2.14. The van der Waals surface area contributed by atoms with Crippen molar-refractivity contribution in [3.05, 3.63) is 24.3 Å². The van der Waals surface area contributed by atoms with Gasteiger partial charge in [-0.05, 0) is 85.4 Å². The Balaban J connectivity index is 4.15. The lowest BCUT2D eigenvalue weighted by Crippen LogP contribution is -2.24. The molecule has 288 valence electrons. The Hall–Kier alpha value is -1.70. The molecule has 0 aromatic heterocycles. The zero-order valence-electron chi connectivity index (χ0n) is 32.9. The summed E-state index contributed by atoms with van der Waals surface area (Å²) in [5.41, 5.74) is 0. The Bertz CT molecular complexity index is 731. The smallest absolute Gasteiger partial charge is 0.306 e. The lowest BCUT2D eigenvalue weighted by atomic mass is 10.0. The van der Waals surface area contributed by atoms with Crippen molar-refractivity contribution in [3.63, 3.8) is 0 Å². The predicted octanol–water partition coefficient (Wildman–Crippen LogP) is 11.3. The minimum Gasteiger partial charge on any atom is -0.461 e. The van der Waals surface area contributed by atoms with Crippen LogP contribution in [0.2, 0.25) is 0 Å². The van der Waals surface area contributed by atoms with Crippen molar-refractivity contribution >= 4 is 11.9 Å². The maximum Gasteiger partial charge on any atom is 0.306 e. The number of nitrogens with zero attached hydrogens (tertiary/aromatic N) is 1. The molecule has 0 saturated carbocycles. The van der Waals surface area contributed by atoms with Gasteiger partial charge in [0.05, 0.1) is 12.7 Å². The Labute approximate surface area is 303 Å². The monoisotopic (exact) mass is 694 g/mol. The fourth-order valence-electron chi connectivity index (χ4n) is 5.74. The van der Waals surface area contributed by atoms with Crippen LogP contribution in [0.15, 0.2) is 24.3 Å². The topological polar surface area (TPSA) is 74.3 Å². The van der Waals surface area contributed by atoms with Crippen LogP contribution in [-0.2, 0) is 28.5 Å². The third-order valence-electron chi connectivity index (χ3n) is 8.76. The van der Waals surface area contributed by atoms with E-state index in [4.69, 9.17) is 18.9 Å². The van der Waals surface area contributed by atoms with Crippen molar-refractivity contribution in [2.45, 2.75) is 194 Å². The SMILES string of the molecule is CCCCCC/C=C\COC(=O)CCCCCCCC(CCCCCCCC(=O)OC/C=C\CCCCCC)OC(C)OCCCN(C)C. The van der Waals surface area contributed by atoms with Gasteiger partial charge in [0.2, 0.25) is 0 Å². The van der Waals surface area contributed by atoms with E-state index >= 15 is 0 Å². The van der Waals surface area contributed by atoms with E-state index in [0.717, 1.165) is 103 Å². The second-order valence-corrected chi connectivity index (χ2v) is 14.0. The lowest BCUT2D eigenvalue weighted by Gasteiger charge is -2.23. The van der Waals surface area contributed by atoms with Gasteiger partial charge >= 0.3 is 11.9 Å². The van der Waals surface area contributed by atoms with Crippen LogP contribution in [0.4, 0.5) is 0 Å². The maximum atomic E-state index is 12.0. The quantitative estimate of drug-likeness (QED) is 0.0277. The number of allylic oxidation sites excluding steroid dienone is 2. The van der Waals surface area contributed by atoms with Gasteiger partial charge in [0, 0.05) is 12.8 Å². The highest BCUT2D eigenvalue weighted by Crippen LogP contribution is 2.19. The average molecular weight is 694 g/mol. The Morgan fingerprint density at radius 1 is 0.571 bits per heavy atom. The van der Waals surface area contributed by atoms with Gasteiger partial charge in [-0.1, -0.05) is 128 Å². The van der Waals surface area contributed by atoms with Gasteiger partial charge in [0.1, 0.15) is 13.2 Å². The summed E-state index contributed by atoms with van der Waals surface area (Å²) in [6, 6.07) is 0. The molecule has 7 nitrogen and oxygen atoms in total. The lowest BCUT2D eigenvalue weighted by molar-refractivity contribution is -0.164. The molecule has 49 heavy (non-hydrogen) atoms. The number of carbonyl (C=O) groups is 2. The van der Waals surface area contributed by atoms with Crippen LogP contribution in [-0.4, -0.2) is 69.7 Å². The third kappa shape index (κ3) is 37.4. The van der Waals surface area contributed by atoms with Crippen LogP contribution < -0.4 is 0 Å². The van der Waals surface area contributed by atoms with E-state index in [-0.39, 0.29) is 24.3 Å². The number of unbranched alkanes of at least 4 members (excludes halogenated alkanes) is 16. The minimum atomic E-state index is -0.198. The first-order valence-corrected chi connectivity index (χ1v) is 20.4. The summed E-state index contributed by atoms with van der Waals surface area (Å²) < 4.78 is 23.0. The highest BCUT2D eigenvalue weighted by atomic mass is 16.7. The summed E-state index contributed by atoms with van der Waals surface area (Å²) >= 11 is 0. The maximum absolute atomic E-state index is 12.0. The average Bonchev–Trinajstić information content (AvgIpc) is 3.07. The van der Waals surface area contributed by atoms with Crippen molar-refractivity contribution in [2.24, 2.45) is 0 Å². The molecular formula is C42H79NO6. The number of rotatable bonds is 37. The van der Waals surface area contributed by atoms with E-state index < -0.39 is 0 Å². The number of hydrogen-bond donors (Lipinski definition) is 0. The van der Waals surface area contributed by atoms with Gasteiger partial charge in [0.15, 0.2) is 6.29 Å². The Morgan fingerprint density at radius 2 is 1.02 bits per heavy atom. The fraction of sp³-hybridized carbons (Fsp3) is 0.857. The van der Waals surface area contributed by atoms with Crippen LogP contribution in [0.5, 0.6) is 0 Å². The van der Waals surface area contributed by atoms with E-state index in [1.54, 1.807) is 0 Å². The van der Waals surface area contributed by atoms with Crippen molar-refractivity contribution in [2.75, 3.05) is 40.5 Å². The number of esters is 2. The second-order valence-electron chi connectivity index (χ2n) is 14.0. The van der Waals surface area contributed by atoms with E-state index in [1.165, 1.54) is 51.4 Å². The molecule has 0 rings (SSSR count). The number of carbonyl (C=O) groups excluding carboxylic acids is 2. The normalized spacial score (nSPS) is 12.6. The molecule has 0 aliphatic carbocycles. The molecule has 0 heterocycles. The van der Waals surface area contributed by atoms with Crippen LogP contribution in [0.25, 0.3) is 0 Å². The molecule has 0 saturated heterocycles. The Morgan fingerprint density at radius 3 is 1.49 bits per heavy atom. The van der Waals surface area contributed by atoms with E-state index in [2.05, 4.69) is 45.0 Å². The molecule has 0 radical (unpaired) electrons. The fourth-order valence-corrected chi connectivity index (χ4v) is 5.74. The number of ether oxygens (including phenoxy) is 4. The zero-order chi connectivity index (χ0) is 36.0. The Kier molecular flexibility index (Phi) is 36.2. The molecule has 7 heteroatoms. The largest absolute Gasteiger partial charge is 0.461 e. The molecular weight excluding hydrogens is 614 g/mol. The highest BCUT2D eigenvalue weighted by molar-refractivity contribution is 5.69. The van der Waals surface area contributed by atoms with E-state index in [0.29, 0.717) is 32.7 Å². The summed E-state index contributed by atoms with van der Waals surface area (Å²) in [6.07, 6.45) is 35.3. The van der Waals surface area contributed by atoms with Crippen molar-refractivity contribution in [3.8, 4) is 0 Å². The van der Waals surface area contributed by atoms with Gasteiger partial charge in [-0.25, -0.2) is 0 Å². The van der Waals surface area contributed by atoms with E-state index in [1.807, 2.05) is 19.1 Å². The summed E-state index contributed by atoms with van der Waals surface area (Å²) in [7, 11) is 4.16. The molecule has 0 fully saturated rings. The van der Waals surface area contributed by atoms with Crippen LogP contribution in [0, 0.1) is 0 Å². The first-order chi connectivity index (χ1) is 23.9. The van der Waals surface area contributed by atoms with Crippen LogP contribution >= 0.6 is 0 Å². The molecule has 0 spiro atoms. The summed E-state index contributed by atoms with van der Waals surface area (Å²) in [5, 5.41) is 0. The van der Waals surface area contributed by atoms with Gasteiger partial charge in [-0.2, -0.15) is 0 Å². The van der Waals surface area contributed by atoms with Gasteiger partial charge in [-0.3, -0.25) is 9.59 Å². The molecule has 0 N–H and O–H groups in total. The van der Waals surface area contributed by atoms with Crippen molar-refractivity contribution in [1.29, 1.82) is 0 Å². The van der Waals surface area contributed by atoms with E-state index in [9.17, 15) is 9.59 Å². The minimum absolute atomic E-state index is 0.0835. The molecule has 0 aromatic rings. The van der Waals surface area contributed by atoms with Crippen molar-refractivity contribution in [1.82, 2.24) is 4.90 Å². The van der Waals surface area contributed by atoms with Crippen LogP contribution in [0.1, 0.15) is 181 Å². The summed E-state index contributed by atoms with van der Waals surface area (Å²) in [5.74, 6) is -0.167. The number of hydrogen-bond acceptors (Lipinski definition) is 7. The summed E-state index contributed by atoms with van der Waals surface area (Å²) in [6.45, 7) is 8.99. The van der Waals surface area contributed by atoms with Crippen molar-refractivity contribution < 1.29 is 28.5 Å². The predicted molar refractivity (Wildman–Crippen MR) is 206 cm³/mol. The zero-order valence-corrected chi connectivity index (χ0v) is 32.9. The third-order valence-corrected chi connectivity index (χ3v) is 8.76. The van der Waals surface area contributed by atoms with Crippen LogP contribution in [0.3, 0.4) is 0 Å². The first kappa shape index (κ1) is 47.3. The molecule has 0 bridgehead atoms. The first-order valence-electron chi connectivity index (χ1n) is 20.4. The molecule has 0 amide bonds. The molecule has 1 unspecified atom stereocenters. The molecule has 0 aromatic carbocycles. The van der Waals surface area contributed by atoms with Gasteiger partial charge < -0.3 is 23.8 Å².